The summed E-state index contributed by atoms with van der Waals surface area (Å²) in [6, 6.07) is 0. The summed E-state index contributed by atoms with van der Waals surface area (Å²) in [5.74, 6) is 4.31. The van der Waals surface area contributed by atoms with Gasteiger partial charge in [-0.2, -0.15) is 0 Å². The van der Waals surface area contributed by atoms with Crippen LogP contribution in [-0.4, -0.2) is 11.2 Å². The minimum Gasteiger partial charge on any atom is -0.694 e. The molecule has 2 aliphatic rings. The molecule has 0 aromatic rings. The second-order valence-corrected chi connectivity index (χ2v) is 6.11. The SMILES string of the molecule is [C-]#CCC(C)C1CC[C@H]2[C@@H](O)CCC[C@]12C.[Y]. The van der Waals surface area contributed by atoms with Crippen LogP contribution in [0.25, 0.3) is 0 Å². The van der Waals surface area contributed by atoms with Gasteiger partial charge in [0.1, 0.15) is 0 Å². The first-order valence-corrected chi connectivity index (χ1v) is 6.67. The molecule has 0 aromatic heterocycles. The molecule has 0 saturated heterocycles. The molecule has 0 heterocycles. The zero-order chi connectivity index (χ0) is 11.8. The molecule has 2 unspecified atom stereocenters. The Labute approximate surface area is 131 Å². The second-order valence-electron chi connectivity index (χ2n) is 6.11. The van der Waals surface area contributed by atoms with Crippen LogP contribution in [0.4, 0.5) is 0 Å². The van der Waals surface area contributed by atoms with Crippen LogP contribution < -0.4 is 0 Å². The number of hydrogen-bond acceptors (Lipinski definition) is 1. The van der Waals surface area contributed by atoms with Crippen molar-refractivity contribution in [3.05, 3.63) is 6.42 Å². The normalized spacial score (nSPS) is 42.1. The smallest absolute Gasteiger partial charge is 0.0573 e. The maximum atomic E-state index is 10.1. The molecule has 1 radical (unpaired) electrons. The van der Waals surface area contributed by atoms with Gasteiger partial charge in [-0.05, 0) is 55.3 Å². The average Bonchev–Trinajstić information content (AvgIpc) is 2.57. The molecule has 5 atom stereocenters. The average molecular weight is 308 g/mol. The minimum atomic E-state index is -0.0695. The van der Waals surface area contributed by atoms with Crippen LogP contribution in [0.1, 0.15) is 52.4 Å². The summed E-state index contributed by atoms with van der Waals surface area (Å²) in [6.45, 7) is 4.62. The Morgan fingerprint density at radius 3 is 2.76 bits per heavy atom. The Morgan fingerprint density at radius 1 is 1.41 bits per heavy atom. The quantitative estimate of drug-likeness (QED) is 0.614. The summed E-state index contributed by atoms with van der Waals surface area (Å²) in [4.78, 5) is 0. The van der Waals surface area contributed by atoms with E-state index in [9.17, 15) is 5.11 Å². The van der Waals surface area contributed by atoms with E-state index in [1.165, 1.54) is 25.7 Å². The second kappa shape index (κ2) is 6.18. The predicted octanol–water partition coefficient (Wildman–Crippen LogP) is 3.18. The summed E-state index contributed by atoms with van der Waals surface area (Å²) in [6.07, 6.45) is 13.7. The zero-order valence-electron chi connectivity index (χ0n) is 11.1. The van der Waals surface area contributed by atoms with Gasteiger partial charge >= 0.3 is 0 Å². The van der Waals surface area contributed by atoms with Crippen molar-refractivity contribution < 1.29 is 37.8 Å². The summed E-state index contributed by atoms with van der Waals surface area (Å²) in [5.41, 5.74) is 0.327. The van der Waals surface area contributed by atoms with E-state index in [0.29, 0.717) is 23.2 Å². The topological polar surface area (TPSA) is 20.2 Å². The van der Waals surface area contributed by atoms with Gasteiger partial charge in [-0.25, -0.2) is 0 Å². The van der Waals surface area contributed by atoms with Crippen molar-refractivity contribution in [3.63, 3.8) is 0 Å². The van der Waals surface area contributed by atoms with E-state index in [4.69, 9.17) is 6.42 Å². The number of hydrogen-bond donors (Lipinski definition) is 1. The molecule has 0 amide bonds. The summed E-state index contributed by atoms with van der Waals surface area (Å²) in [5, 5.41) is 10.1. The van der Waals surface area contributed by atoms with Gasteiger partial charge < -0.3 is 17.5 Å². The van der Waals surface area contributed by atoms with Crippen molar-refractivity contribution in [1.82, 2.24) is 0 Å². The first-order chi connectivity index (χ1) is 7.59. The van der Waals surface area contributed by atoms with Gasteiger partial charge in [0, 0.05) is 32.7 Å². The third-order valence-corrected chi connectivity index (χ3v) is 5.27. The molecule has 0 spiro atoms. The van der Waals surface area contributed by atoms with Crippen molar-refractivity contribution in [3.8, 4) is 5.92 Å². The molecule has 0 aliphatic heterocycles. The summed E-state index contributed by atoms with van der Waals surface area (Å²) < 4.78 is 0. The maximum absolute atomic E-state index is 10.1. The van der Waals surface area contributed by atoms with E-state index in [1.807, 2.05) is 0 Å². The Hall–Kier alpha value is 0.624. The van der Waals surface area contributed by atoms with Gasteiger partial charge in [-0.1, -0.05) is 20.3 Å². The largest absolute Gasteiger partial charge is 0.694 e. The van der Waals surface area contributed by atoms with Crippen molar-refractivity contribution in [2.24, 2.45) is 23.2 Å². The van der Waals surface area contributed by atoms with Gasteiger partial charge in [-0.3, -0.25) is 0 Å². The van der Waals surface area contributed by atoms with Crippen molar-refractivity contribution in [2.75, 3.05) is 0 Å². The van der Waals surface area contributed by atoms with Crippen LogP contribution in [-0.2, 0) is 32.7 Å². The van der Waals surface area contributed by atoms with Crippen LogP contribution in [0, 0.1) is 35.5 Å². The number of fused-ring (bicyclic) bond motifs is 1. The molecule has 2 aliphatic carbocycles. The Morgan fingerprint density at radius 2 is 2.12 bits per heavy atom. The Balaban J connectivity index is 0.00000144. The molecule has 1 N–H and O–H groups in total. The first-order valence-electron chi connectivity index (χ1n) is 6.67. The van der Waals surface area contributed by atoms with E-state index < -0.39 is 0 Å². The fraction of sp³-hybridized carbons (Fsp3) is 0.867. The molecule has 93 valence electrons. The summed E-state index contributed by atoms with van der Waals surface area (Å²) >= 11 is 0. The molecule has 0 bridgehead atoms. The molecule has 2 saturated carbocycles. The van der Waals surface area contributed by atoms with Crippen LogP contribution in [0.15, 0.2) is 0 Å². The molecular formula is C15H23OY-. The fourth-order valence-corrected chi connectivity index (χ4v) is 4.43. The van der Waals surface area contributed by atoms with E-state index in [0.717, 1.165) is 12.8 Å². The maximum Gasteiger partial charge on any atom is 0.0573 e. The molecular weight excluding hydrogens is 285 g/mol. The van der Waals surface area contributed by atoms with Crippen LogP contribution >= 0.6 is 0 Å². The predicted molar refractivity (Wildman–Crippen MR) is 65.1 cm³/mol. The number of rotatable bonds is 2. The number of aliphatic hydroxyl groups excluding tert-OH is 1. The van der Waals surface area contributed by atoms with Gasteiger partial charge in [0.2, 0.25) is 0 Å². The van der Waals surface area contributed by atoms with E-state index in [2.05, 4.69) is 19.8 Å². The zero-order valence-corrected chi connectivity index (χ0v) is 13.9. The van der Waals surface area contributed by atoms with E-state index in [-0.39, 0.29) is 38.8 Å². The molecule has 2 fully saturated rings. The van der Waals surface area contributed by atoms with Crippen molar-refractivity contribution in [2.45, 2.75) is 58.5 Å². The van der Waals surface area contributed by atoms with Gasteiger partial charge in [-0.15, -0.1) is 0 Å². The molecule has 2 rings (SSSR count). The molecule has 1 nitrogen and oxygen atoms in total. The van der Waals surface area contributed by atoms with E-state index in [1.54, 1.807) is 0 Å². The van der Waals surface area contributed by atoms with Crippen LogP contribution in [0.2, 0.25) is 0 Å². The Bertz CT molecular complexity index is 296. The van der Waals surface area contributed by atoms with Gasteiger partial charge in [0.25, 0.3) is 0 Å². The third-order valence-electron chi connectivity index (χ3n) is 5.27. The van der Waals surface area contributed by atoms with Crippen molar-refractivity contribution >= 4 is 0 Å². The van der Waals surface area contributed by atoms with Gasteiger partial charge in [0.05, 0.1) is 6.10 Å². The van der Waals surface area contributed by atoms with E-state index >= 15 is 0 Å². The first kappa shape index (κ1) is 15.7. The molecule has 0 aromatic carbocycles. The summed E-state index contributed by atoms with van der Waals surface area (Å²) in [7, 11) is 0. The Kier molecular flexibility index (Phi) is 5.70. The molecule has 2 heteroatoms. The van der Waals surface area contributed by atoms with Crippen LogP contribution in [0.5, 0.6) is 0 Å². The van der Waals surface area contributed by atoms with Gasteiger partial charge in [0.15, 0.2) is 0 Å². The van der Waals surface area contributed by atoms with Crippen LogP contribution in [0.3, 0.4) is 0 Å². The molecule has 17 heavy (non-hydrogen) atoms. The third kappa shape index (κ3) is 2.80. The monoisotopic (exact) mass is 308 g/mol. The van der Waals surface area contributed by atoms with Crippen molar-refractivity contribution in [1.29, 1.82) is 0 Å². The number of aliphatic hydroxyl groups is 1. The minimum absolute atomic E-state index is 0. The fourth-order valence-electron chi connectivity index (χ4n) is 4.43. The standard InChI is InChI=1S/C15H23O.Y/c1-4-6-11(2)12-8-9-13-14(16)7-5-10-15(12,13)3;/h11-14,16H,5-10H2,2-3H3;/q-1;/t11?,12?,13-,14-,15+;/m0./s1.